The Hall–Kier alpha value is -3.32. The summed E-state index contributed by atoms with van der Waals surface area (Å²) in [6.45, 7) is 2.04. The molecule has 3 aromatic rings. The molecule has 1 unspecified atom stereocenters. The van der Waals surface area contributed by atoms with Crippen LogP contribution in [0.1, 0.15) is 28.8 Å². The van der Waals surface area contributed by atoms with Crippen LogP contribution >= 0.6 is 0 Å². The number of amides is 2. The van der Waals surface area contributed by atoms with Crippen molar-refractivity contribution in [3.05, 3.63) is 77.7 Å². The fourth-order valence-corrected chi connectivity index (χ4v) is 4.68. The second-order valence-electron chi connectivity index (χ2n) is 8.52. The maximum atomic E-state index is 13.4. The molecule has 32 heavy (non-hydrogen) atoms. The number of nitrogens with zero attached hydrogens (tertiary/aromatic N) is 3. The maximum absolute atomic E-state index is 13.4. The highest BCUT2D eigenvalue weighted by Crippen LogP contribution is 2.33. The van der Waals surface area contributed by atoms with E-state index in [4.69, 9.17) is 4.74 Å². The molecule has 1 aromatic heterocycles. The van der Waals surface area contributed by atoms with E-state index in [-0.39, 0.29) is 24.1 Å². The van der Waals surface area contributed by atoms with Gasteiger partial charge < -0.3 is 14.5 Å². The Morgan fingerprint density at radius 1 is 1.16 bits per heavy atom. The lowest BCUT2D eigenvalue weighted by atomic mass is 9.94. The number of halogens is 1. The quantitative estimate of drug-likeness (QED) is 0.635. The first-order valence-corrected chi connectivity index (χ1v) is 10.8. The second-order valence-corrected chi connectivity index (χ2v) is 8.52. The highest BCUT2D eigenvalue weighted by Gasteiger charge is 2.47. The molecule has 2 amide bonds. The van der Waals surface area contributed by atoms with Gasteiger partial charge in [-0.25, -0.2) is 4.39 Å². The summed E-state index contributed by atoms with van der Waals surface area (Å²) in [5.74, 6) is -0.423. The lowest BCUT2D eigenvalue weighted by Gasteiger charge is -2.40. The first-order valence-electron chi connectivity index (χ1n) is 10.8. The highest BCUT2D eigenvalue weighted by atomic mass is 19.1. The predicted octanol–water partition coefficient (Wildman–Crippen LogP) is 3.41. The number of pyridine rings is 1. The summed E-state index contributed by atoms with van der Waals surface area (Å²) in [5.41, 5.74) is 1.68. The summed E-state index contributed by atoms with van der Waals surface area (Å²) in [4.78, 5) is 34.5. The molecule has 1 spiro atoms. The molecular formula is C25H24FN3O3. The molecule has 0 aliphatic carbocycles. The molecule has 2 aliphatic heterocycles. The average molecular weight is 433 g/mol. The Kier molecular flexibility index (Phi) is 5.35. The smallest absolute Gasteiger partial charge is 0.253 e. The van der Waals surface area contributed by atoms with Gasteiger partial charge in [-0.3, -0.25) is 14.6 Å². The summed E-state index contributed by atoms with van der Waals surface area (Å²) >= 11 is 0. The molecule has 2 aromatic carbocycles. The van der Waals surface area contributed by atoms with E-state index in [1.54, 1.807) is 29.3 Å². The molecule has 0 radical (unpaired) electrons. The minimum atomic E-state index is -0.587. The monoisotopic (exact) mass is 433 g/mol. The fraction of sp³-hybridized carbons (Fsp3) is 0.320. The van der Waals surface area contributed by atoms with E-state index < -0.39 is 5.54 Å². The Morgan fingerprint density at radius 2 is 2.00 bits per heavy atom. The minimum Gasteiger partial charge on any atom is -0.379 e. The van der Waals surface area contributed by atoms with E-state index >= 15 is 0 Å². The number of aromatic nitrogens is 1. The first-order chi connectivity index (χ1) is 15.5. The van der Waals surface area contributed by atoms with Gasteiger partial charge in [0.05, 0.1) is 17.7 Å². The molecule has 7 heteroatoms. The Labute approximate surface area is 185 Å². The zero-order chi connectivity index (χ0) is 22.1. The minimum absolute atomic E-state index is 0.0159. The Bertz CT molecular complexity index is 1160. The fourth-order valence-electron chi connectivity index (χ4n) is 4.68. The van der Waals surface area contributed by atoms with Gasteiger partial charge in [-0.1, -0.05) is 18.2 Å². The normalized spacial score (nSPS) is 21.3. The molecule has 2 aliphatic rings. The topological polar surface area (TPSA) is 62.7 Å². The van der Waals surface area contributed by atoms with E-state index in [0.717, 1.165) is 16.5 Å². The number of carbonyl (C=O) groups excluding carboxylic acids is 2. The van der Waals surface area contributed by atoms with Gasteiger partial charge in [0, 0.05) is 49.8 Å². The van der Waals surface area contributed by atoms with E-state index in [9.17, 15) is 14.0 Å². The number of rotatable bonds is 3. The van der Waals surface area contributed by atoms with Crippen molar-refractivity contribution < 1.29 is 18.7 Å². The van der Waals surface area contributed by atoms with Crippen LogP contribution in [0.4, 0.5) is 4.39 Å². The molecule has 6 nitrogen and oxygen atoms in total. The summed E-state index contributed by atoms with van der Waals surface area (Å²) in [5, 5.41) is 0.904. The summed E-state index contributed by atoms with van der Waals surface area (Å²) < 4.78 is 19.1. The summed E-state index contributed by atoms with van der Waals surface area (Å²) in [7, 11) is 0. The molecule has 0 saturated carbocycles. The highest BCUT2D eigenvalue weighted by molar-refractivity contribution is 5.98. The van der Waals surface area contributed by atoms with E-state index in [0.29, 0.717) is 44.8 Å². The number of hydrogen-bond donors (Lipinski definition) is 0. The molecule has 1 atom stereocenters. The molecule has 5 rings (SSSR count). The Balaban J connectivity index is 1.43. The first kappa shape index (κ1) is 20.6. The zero-order valence-electron chi connectivity index (χ0n) is 17.7. The van der Waals surface area contributed by atoms with Crippen molar-refractivity contribution >= 4 is 22.7 Å². The van der Waals surface area contributed by atoms with Gasteiger partial charge in [0.25, 0.3) is 5.91 Å². The lowest BCUT2D eigenvalue weighted by molar-refractivity contribution is -0.137. The van der Waals surface area contributed by atoms with Crippen molar-refractivity contribution in [2.24, 2.45) is 0 Å². The molecular weight excluding hydrogens is 409 g/mol. The summed E-state index contributed by atoms with van der Waals surface area (Å²) in [6.07, 6.45) is 2.62. The van der Waals surface area contributed by atoms with Crippen LogP contribution in [0.2, 0.25) is 0 Å². The molecule has 2 saturated heterocycles. The molecule has 2 fully saturated rings. The van der Waals surface area contributed by atoms with Gasteiger partial charge in [-0.15, -0.1) is 0 Å². The van der Waals surface area contributed by atoms with Crippen LogP contribution in [-0.4, -0.2) is 58.4 Å². The lowest BCUT2D eigenvalue weighted by Crippen LogP contribution is -2.56. The third-order valence-corrected chi connectivity index (χ3v) is 6.43. The number of carbonyl (C=O) groups is 2. The van der Waals surface area contributed by atoms with Gasteiger partial charge in [0.2, 0.25) is 5.91 Å². The SMILES string of the molecule is O=C(c1ccc2ncccc2c1)N1CCC(=O)N(Cc2ccc(F)cc2)C2(CCOC2)C1. The average Bonchev–Trinajstić information content (AvgIpc) is 3.24. The predicted molar refractivity (Wildman–Crippen MR) is 117 cm³/mol. The van der Waals surface area contributed by atoms with Crippen LogP contribution < -0.4 is 0 Å². The van der Waals surface area contributed by atoms with Crippen LogP contribution in [0.25, 0.3) is 10.9 Å². The largest absolute Gasteiger partial charge is 0.379 e. The second kappa shape index (κ2) is 8.31. The number of benzene rings is 2. The van der Waals surface area contributed by atoms with Gasteiger partial charge in [-0.2, -0.15) is 0 Å². The molecule has 0 bridgehead atoms. The van der Waals surface area contributed by atoms with Crippen molar-refractivity contribution in [3.63, 3.8) is 0 Å². The zero-order valence-corrected chi connectivity index (χ0v) is 17.7. The Morgan fingerprint density at radius 3 is 2.78 bits per heavy atom. The van der Waals surface area contributed by atoms with Crippen LogP contribution in [0.15, 0.2) is 60.8 Å². The van der Waals surface area contributed by atoms with Gasteiger partial charge in [-0.05, 0) is 48.4 Å². The van der Waals surface area contributed by atoms with Crippen LogP contribution in [0.5, 0.6) is 0 Å². The third-order valence-electron chi connectivity index (χ3n) is 6.43. The molecule has 164 valence electrons. The van der Waals surface area contributed by atoms with Crippen molar-refractivity contribution in [2.75, 3.05) is 26.3 Å². The standard InChI is InChI=1S/C25H24FN3O3/c26-21-6-3-18(4-7-21)15-29-23(30)9-12-28(16-25(29)10-13-32-17-25)24(31)20-5-8-22-19(14-20)2-1-11-27-22/h1-8,11,14H,9-10,12-13,15-17H2. The van der Waals surface area contributed by atoms with Gasteiger partial charge in [0.15, 0.2) is 0 Å². The molecule has 0 N–H and O–H groups in total. The van der Waals surface area contributed by atoms with Crippen molar-refractivity contribution in [3.8, 4) is 0 Å². The van der Waals surface area contributed by atoms with Crippen LogP contribution in [0.3, 0.4) is 0 Å². The van der Waals surface area contributed by atoms with Gasteiger partial charge in [0.1, 0.15) is 5.82 Å². The van der Waals surface area contributed by atoms with Crippen LogP contribution in [0, 0.1) is 5.82 Å². The van der Waals surface area contributed by atoms with Crippen molar-refractivity contribution in [1.29, 1.82) is 0 Å². The summed E-state index contributed by atoms with van der Waals surface area (Å²) in [6, 6.07) is 15.5. The van der Waals surface area contributed by atoms with Gasteiger partial charge >= 0.3 is 0 Å². The van der Waals surface area contributed by atoms with E-state index in [1.165, 1.54) is 12.1 Å². The van der Waals surface area contributed by atoms with E-state index in [2.05, 4.69) is 4.98 Å². The number of ether oxygens (including phenoxy) is 1. The van der Waals surface area contributed by atoms with Crippen molar-refractivity contribution in [2.45, 2.75) is 24.9 Å². The van der Waals surface area contributed by atoms with E-state index in [1.807, 2.05) is 29.2 Å². The molecule has 3 heterocycles. The number of fused-ring (bicyclic) bond motifs is 1. The van der Waals surface area contributed by atoms with Crippen LogP contribution in [-0.2, 0) is 16.1 Å². The maximum Gasteiger partial charge on any atom is 0.253 e. The third kappa shape index (κ3) is 3.84. The number of hydrogen-bond acceptors (Lipinski definition) is 4. The van der Waals surface area contributed by atoms with Crippen molar-refractivity contribution in [1.82, 2.24) is 14.8 Å².